The highest BCUT2D eigenvalue weighted by Gasteiger charge is 2.06. The van der Waals surface area contributed by atoms with Crippen LogP contribution in [-0.2, 0) is 4.79 Å². The average Bonchev–Trinajstić information content (AvgIpc) is 2.65. The number of carboxylic acids is 1. The normalized spacial score (nSPS) is 10.8. The minimum Gasteiger partial charge on any atom is -0.476 e. The van der Waals surface area contributed by atoms with Gasteiger partial charge in [0.15, 0.2) is 5.12 Å². The van der Waals surface area contributed by atoms with Gasteiger partial charge in [0.1, 0.15) is 0 Å². The maximum atomic E-state index is 10.6. The standard InChI is InChI=1S/C10H11NO3S2/c1-7(12)15-5-3-2-4-8-6-16-9(11-8)10(13)14/h2,4,6H,3,5H2,1H3,(H,13,14). The van der Waals surface area contributed by atoms with Gasteiger partial charge in [-0.3, -0.25) is 4.79 Å². The maximum Gasteiger partial charge on any atom is 0.365 e. The third-order valence-corrected chi connectivity index (χ3v) is 3.28. The zero-order valence-corrected chi connectivity index (χ0v) is 10.3. The number of carbonyl (C=O) groups excluding carboxylic acids is 1. The lowest BCUT2D eigenvalue weighted by molar-refractivity contribution is -0.109. The van der Waals surface area contributed by atoms with E-state index in [4.69, 9.17) is 5.11 Å². The van der Waals surface area contributed by atoms with Crippen molar-refractivity contribution in [2.24, 2.45) is 0 Å². The van der Waals surface area contributed by atoms with Crippen LogP contribution in [0, 0.1) is 0 Å². The highest BCUT2D eigenvalue weighted by molar-refractivity contribution is 8.13. The van der Waals surface area contributed by atoms with Gasteiger partial charge in [-0.15, -0.1) is 11.3 Å². The molecule has 86 valence electrons. The van der Waals surface area contributed by atoms with Crippen LogP contribution in [0.5, 0.6) is 0 Å². The quantitative estimate of drug-likeness (QED) is 0.821. The van der Waals surface area contributed by atoms with Crippen molar-refractivity contribution < 1.29 is 14.7 Å². The number of hydrogen-bond acceptors (Lipinski definition) is 5. The first-order valence-electron chi connectivity index (χ1n) is 4.58. The number of allylic oxidation sites excluding steroid dienone is 1. The number of aromatic carboxylic acids is 1. The lowest BCUT2D eigenvalue weighted by atomic mass is 10.3. The van der Waals surface area contributed by atoms with Crippen LogP contribution >= 0.6 is 23.1 Å². The Morgan fingerprint density at radius 3 is 2.94 bits per heavy atom. The SMILES string of the molecule is CC(=O)SCCC=Cc1csc(C(=O)O)n1. The molecule has 4 nitrogen and oxygen atoms in total. The van der Waals surface area contributed by atoms with Crippen molar-refractivity contribution in [3.8, 4) is 0 Å². The number of nitrogens with zero attached hydrogens (tertiary/aromatic N) is 1. The third kappa shape index (κ3) is 4.59. The molecule has 0 unspecified atom stereocenters. The molecule has 1 aromatic rings. The summed E-state index contributed by atoms with van der Waals surface area (Å²) in [7, 11) is 0. The summed E-state index contributed by atoms with van der Waals surface area (Å²) in [5.41, 5.74) is 0.648. The number of thiazole rings is 1. The molecule has 1 aromatic heterocycles. The van der Waals surface area contributed by atoms with Crippen LogP contribution in [0.4, 0.5) is 0 Å². The van der Waals surface area contributed by atoms with Gasteiger partial charge in [-0.1, -0.05) is 17.8 Å². The Morgan fingerprint density at radius 2 is 2.38 bits per heavy atom. The number of thioether (sulfide) groups is 1. The number of carbonyl (C=O) groups is 2. The molecule has 0 saturated carbocycles. The Kier molecular flexibility index (Phi) is 5.21. The first kappa shape index (κ1) is 12.9. The smallest absolute Gasteiger partial charge is 0.365 e. The topological polar surface area (TPSA) is 67.3 Å². The largest absolute Gasteiger partial charge is 0.476 e. The molecule has 6 heteroatoms. The Labute approximate surface area is 101 Å². The molecule has 0 fully saturated rings. The summed E-state index contributed by atoms with van der Waals surface area (Å²) < 4.78 is 0. The fourth-order valence-corrected chi connectivity index (χ4v) is 2.10. The number of hydrogen-bond donors (Lipinski definition) is 1. The van der Waals surface area contributed by atoms with Crippen LogP contribution in [0.2, 0.25) is 0 Å². The maximum absolute atomic E-state index is 10.6. The molecule has 0 aliphatic rings. The molecule has 0 bridgehead atoms. The van der Waals surface area contributed by atoms with Crippen LogP contribution in [0.15, 0.2) is 11.5 Å². The second-order valence-electron chi connectivity index (χ2n) is 2.91. The van der Waals surface area contributed by atoms with E-state index in [1.165, 1.54) is 18.7 Å². The van der Waals surface area contributed by atoms with E-state index < -0.39 is 5.97 Å². The van der Waals surface area contributed by atoms with Gasteiger partial charge in [0.2, 0.25) is 5.01 Å². The van der Waals surface area contributed by atoms with Crippen molar-refractivity contribution in [1.82, 2.24) is 4.98 Å². The minimum atomic E-state index is -1.00. The van der Waals surface area contributed by atoms with Crippen LogP contribution in [-0.4, -0.2) is 26.9 Å². The fourth-order valence-electron chi connectivity index (χ4n) is 0.936. The van der Waals surface area contributed by atoms with Gasteiger partial charge in [0, 0.05) is 18.1 Å². The van der Waals surface area contributed by atoms with Crippen molar-refractivity contribution in [3.05, 3.63) is 22.2 Å². The molecular formula is C10H11NO3S2. The number of aromatic nitrogens is 1. The molecule has 0 aliphatic heterocycles. The predicted octanol–water partition coefficient (Wildman–Crippen LogP) is 2.52. The number of carboxylic acid groups (broad SMARTS) is 1. The highest BCUT2D eigenvalue weighted by atomic mass is 32.2. The van der Waals surface area contributed by atoms with Crippen LogP contribution in [0.25, 0.3) is 6.08 Å². The first-order chi connectivity index (χ1) is 7.59. The van der Waals surface area contributed by atoms with Crippen molar-refractivity contribution in [2.75, 3.05) is 5.75 Å². The van der Waals surface area contributed by atoms with Crippen LogP contribution < -0.4 is 0 Å². The van der Waals surface area contributed by atoms with Gasteiger partial charge in [-0.2, -0.15) is 0 Å². The zero-order valence-electron chi connectivity index (χ0n) is 8.67. The molecule has 1 N–H and O–H groups in total. The Hall–Kier alpha value is -1.14. The van der Waals surface area contributed by atoms with Gasteiger partial charge < -0.3 is 5.11 Å². The van der Waals surface area contributed by atoms with Gasteiger partial charge >= 0.3 is 5.97 Å². The van der Waals surface area contributed by atoms with Gasteiger partial charge in [0.25, 0.3) is 0 Å². The lowest BCUT2D eigenvalue weighted by Crippen LogP contribution is -1.93. The Bertz CT molecular complexity index is 412. The van der Waals surface area contributed by atoms with E-state index in [1.807, 2.05) is 6.08 Å². The lowest BCUT2D eigenvalue weighted by Gasteiger charge is -1.90. The van der Waals surface area contributed by atoms with Gasteiger partial charge in [0.05, 0.1) is 5.69 Å². The van der Waals surface area contributed by atoms with Crippen molar-refractivity contribution >= 4 is 40.3 Å². The Balaban J connectivity index is 2.38. The summed E-state index contributed by atoms with van der Waals surface area (Å²) >= 11 is 2.38. The summed E-state index contributed by atoms with van der Waals surface area (Å²) in [5, 5.41) is 10.5. The fraction of sp³-hybridized carbons (Fsp3) is 0.300. The van der Waals surface area contributed by atoms with E-state index >= 15 is 0 Å². The molecule has 16 heavy (non-hydrogen) atoms. The average molecular weight is 257 g/mol. The van der Waals surface area contributed by atoms with Gasteiger partial charge in [-0.05, 0) is 12.5 Å². The first-order valence-corrected chi connectivity index (χ1v) is 6.45. The molecular weight excluding hydrogens is 246 g/mol. The van der Waals surface area contributed by atoms with Crippen molar-refractivity contribution in [3.63, 3.8) is 0 Å². The van der Waals surface area contributed by atoms with E-state index in [-0.39, 0.29) is 10.1 Å². The summed E-state index contributed by atoms with van der Waals surface area (Å²) in [6, 6.07) is 0. The highest BCUT2D eigenvalue weighted by Crippen LogP contribution is 2.11. The van der Waals surface area contributed by atoms with Gasteiger partial charge in [-0.25, -0.2) is 9.78 Å². The summed E-state index contributed by atoms with van der Waals surface area (Å²) in [6.07, 6.45) is 4.42. The molecule has 1 heterocycles. The molecule has 1 rings (SSSR count). The van der Waals surface area contributed by atoms with E-state index in [0.717, 1.165) is 23.5 Å². The molecule has 0 aromatic carbocycles. The predicted molar refractivity (Wildman–Crippen MR) is 65.9 cm³/mol. The third-order valence-electron chi connectivity index (χ3n) is 1.58. The monoisotopic (exact) mass is 257 g/mol. The molecule has 0 radical (unpaired) electrons. The van der Waals surface area contributed by atoms with Crippen LogP contribution in [0.3, 0.4) is 0 Å². The van der Waals surface area contributed by atoms with E-state index in [9.17, 15) is 9.59 Å². The molecule has 0 aliphatic carbocycles. The zero-order chi connectivity index (χ0) is 12.0. The second-order valence-corrected chi connectivity index (χ2v) is 5.04. The van der Waals surface area contributed by atoms with E-state index in [2.05, 4.69) is 4.98 Å². The summed E-state index contributed by atoms with van der Waals surface area (Å²) in [5.74, 6) is -0.265. The minimum absolute atomic E-state index is 0.0951. The molecule has 0 amide bonds. The van der Waals surface area contributed by atoms with E-state index in [1.54, 1.807) is 11.5 Å². The van der Waals surface area contributed by atoms with Crippen molar-refractivity contribution in [2.45, 2.75) is 13.3 Å². The Morgan fingerprint density at radius 1 is 1.62 bits per heavy atom. The molecule has 0 spiro atoms. The van der Waals surface area contributed by atoms with E-state index in [0.29, 0.717) is 5.69 Å². The summed E-state index contributed by atoms with van der Waals surface area (Å²) in [4.78, 5) is 25.1. The number of rotatable bonds is 5. The summed E-state index contributed by atoms with van der Waals surface area (Å²) in [6.45, 7) is 1.54. The molecule has 0 atom stereocenters. The van der Waals surface area contributed by atoms with Crippen molar-refractivity contribution in [1.29, 1.82) is 0 Å². The second kappa shape index (κ2) is 6.44. The van der Waals surface area contributed by atoms with Crippen LogP contribution in [0.1, 0.15) is 28.8 Å². The molecule has 0 saturated heterocycles.